The summed E-state index contributed by atoms with van der Waals surface area (Å²) in [7, 11) is 3.89. The zero-order chi connectivity index (χ0) is 16.7. The van der Waals surface area contributed by atoms with E-state index >= 15 is 0 Å². The largest absolute Gasteiger partial charge is 0.488 e. The minimum absolute atomic E-state index is 0.00513. The third kappa shape index (κ3) is 5.51. The zero-order valence-electron chi connectivity index (χ0n) is 13.6. The van der Waals surface area contributed by atoms with Crippen molar-refractivity contribution < 1.29 is 14.3 Å². The lowest BCUT2D eigenvalue weighted by molar-refractivity contribution is -0.114. The van der Waals surface area contributed by atoms with Crippen molar-refractivity contribution >= 4 is 5.78 Å². The van der Waals surface area contributed by atoms with E-state index in [-0.39, 0.29) is 18.3 Å². The minimum atomic E-state index is -0.00513. The lowest BCUT2D eigenvalue weighted by Gasteiger charge is -2.15. The van der Waals surface area contributed by atoms with Gasteiger partial charge in [0.2, 0.25) is 0 Å². The first-order chi connectivity index (χ1) is 11.1. The van der Waals surface area contributed by atoms with E-state index in [1.807, 2.05) is 25.1 Å². The monoisotopic (exact) mass is 314 g/mol. The quantitative estimate of drug-likeness (QED) is 0.720. The van der Waals surface area contributed by atoms with Crippen LogP contribution in [0.25, 0.3) is 0 Å². The van der Waals surface area contributed by atoms with Crippen LogP contribution in [0.1, 0.15) is 17.5 Å². The van der Waals surface area contributed by atoms with Crippen molar-refractivity contribution in [2.75, 3.05) is 33.9 Å². The molecule has 1 aliphatic rings. The Morgan fingerprint density at radius 2 is 2.35 bits per heavy atom. The Balaban J connectivity index is 2.09. The molecule has 1 aromatic carbocycles. The molecule has 1 saturated heterocycles. The van der Waals surface area contributed by atoms with Crippen LogP contribution in [0.15, 0.2) is 30.4 Å². The lowest BCUT2D eigenvalue weighted by Crippen LogP contribution is -2.17. The van der Waals surface area contributed by atoms with Crippen LogP contribution in [0.5, 0.6) is 5.75 Å². The van der Waals surface area contributed by atoms with Crippen LogP contribution in [0.2, 0.25) is 0 Å². The Kier molecular flexibility index (Phi) is 6.33. The van der Waals surface area contributed by atoms with E-state index in [1.54, 1.807) is 24.3 Å². The number of hydrogen-bond donors (Lipinski definition) is 0. The Morgan fingerprint density at radius 3 is 3.00 bits per heavy atom. The minimum Gasteiger partial charge on any atom is -0.488 e. The van der Waals surface area contributed by atoms with Crippen molar-refractivity contribution in [2.45, 2.75) is 18.9 Å². The molecule has 1 aromatic rings. The number of ether oxygens (including phenoxy) is 2. The first kappa shape index (κ1) is 17.2. The normalized spacial score (nSPS) is 17.6. The van der Waals surface area contributed by atoms with Crippen LogP contribution in [0.3, 0.4) is 0 Å². The van der Waals surface area contributed by atoms with Crippen LogP contribution >= 0.6 is 0 Å². The molecule has 122 valence electrons. The lowest BCUT2D eigenvalue weighted by atomic mass is 10.0. The predicted molar refractivity (Wildman–Crippen MR) is 87.4 cm³/mol. The molecule has 5 heteroatoms. The third-order valence-corrected chi connectivity index (χ3v) is 3.51. The number of rotatable bonds is 7. The molecule has 0 saturated carbocycles. The maximum atomic E-state index is 12.1. The van der Waals surface area contributed by atoms with E-state index in [0.717, 1.165) is 12.0 Å². The van der Waals surface area contributed by atoms with Crippen molar-refractivity contribution in [3.8, 4) is 11.8 Å². The molecule has 5 nitrogen and oxygen atoms in total. The van der Waals surface area contributed by atoms with Gasteiger partial charge in [-0.15, -0.1) is 0 Å². The standard InChI is InChI=1S/C18H22N2O3/c1-20(2)8-3-4-16(21)11-15-10-14(12-19)5-6-18(15)23-17-7-9-22-13-17/h3-6,10,17H,7-9,11,13H2,1-2H3/b4-3+. The summed E-state index contributed by atoms with van der Waals surface area (Å²) in [6.45, 7) is 1.98. The van der Waals surface area contributed by atoms with Crippen LogP contribution in [-0.4, -0.2) is 50.6 Å². The number of benzene rings is 1. The molecule has 0 amide bonds. The highest BCUT2D eigenvalue weighted by Crippen LogP contribution is 2.24. The molecule has 0 aliphatic carbocycles. The fraction of sp³-hybridized carbons (Fsp3) is 0.444. The molecular weight excluding hydrogens is 292 g/mol. The van der Waals surface area contributed by atoms with Gasteiger partial charge in [0.1, 0.15) is 11.9 Å². The van der Waals surface area contributed by atoms with Gasteiger partial charge in [0, 0.05) is 24.9 Å². The summed E-state index contributed by atoms with van der Waals surface area (Å²) in [5, 5.41) is 9.06. The molecule has 2 rings (SSSR count). The van der Waals surface area contributed by atoms with Crippen LogP contribution in [0, 0.1) is 11.3 Å². The molecule has 0 aromatic heterocycles. The van der Waals surface area contributed by atoms with Gasteiger partial charge in [-0.3, -0.25) is 4.79 Å². The smallest absolute Gasteiger partial charge is 0.159 e. The third-order valence-electron chi connectivity index (χ3n) is 3.51. The Morgan fingerprint density at radius 1 is 1.52 bits per heavy atom. The molecule has 0 spiro atoms. The molecule has 1 fully saturated rings. The highest BCUT2D eigenvalue weighted by molar-refractivity contribution is 5.91. The number of nitrogens with zero attached hydrogens (tertiary/aromatic N) is 2. The highest BCUT2D eigenvalue weighted by Gasteiger charge is 2.19. The molecule has 23 heavy (non-hydrogen) atoms. The fourth-order valence-electron chi connectivity index (χ4n) is 2.33. The summed E-state index contributed by atoms with van der Waals surface area (Å²) in [5.74, 6) is 0.656. The Hall–Kier alpha value is -2.16. The topological polar surface area (TPSA) is 62.6 Å². The summed E-state index contributed by atoms with van der Waals surface area (Å²) in [6, 6.07) is 7.30. The van der Waals surface area contributed by atoms with Crippen LogP contribution in [0.4, 0.5) is 0 Å². The van der Waals surface area contributed by atoms with E-state index in [9.17, 15) is 4.79 Å². The second kappa shape index (κ2) is 8.47. The fourth-order valence-corrected chi connectivity index (χ4v) is 2.33. The first-order valence-corrected chi connectivity index (χ1v) is 7.70. The van der Waals surface area contributed by atoms with Gasteiger partial charge in [0.25, 0.3) is 0 Å². The highest BCUT2D eigenvalue weighted by atomic mass is 16.5. The van der Waals surface area contributed by atoms with Gasteiger partial charge >= 0.3 is 0 Å². The number of allylic oxidation sites excluding steroid dienone is 1. The van der Waals surface area contributed by atoms with E-state index in [1.165, 1.54) is 0 Å². The molecule has 0 bridgehead atoms. The van der Waals surface area contributed by atoms with Gasteiger partial charge in [-0.2, -0.15) is 5.26 Å². The second-order valence-electron chi connectivity index (χ2n) is 5.85. The van der Waals surface area contributed by atoms with Gasteiger partial charge in [0.15, 0.2) is 5.78 Å². The predicted octanol–water partition coefficient (Wildman–Crippen LogP) is 1.96. The van der Waals surface area contributed by atoms with Crippen LogP contribution in [-0.2, 0) is 16.0 Å². The summed E-state index contributed by atoms with van der Waals surface area (Å²) < 4.78 is 11.2. The SMILES string of the molecule is CN(C)C/C=C/C(=O)Cc1cc(C#N)ccc1OC1CCOC1. The average Bonchev–Trinajstić information content (AvgIpc) is 3.01. The number of carbonyl (C=O) groups excluding carboxylic acids is 1. The van der Waals surface area contributed by atoms with Gasteiger partial charge in [-0.1, -0.05) is 6.08 Å². The number of hydrogen-bond acceptors (Lipinski definition) is 5. The van der Waals surface area contributed by atoms with Crippen molar-refractivity contribution in [1.82, 2.24) is 4.90 Å². The van der Waals surface area contributed by atoms with Gasteiger partial charge in [-0.05, 0) is 38.4 Å². The molecule has 0 N–H and O–H groups in total. The number of ketones is 1. The van der Waals surface area contributed by atoms with E-state index in [4.69, 9.17) is 14.7 Å². The van der Waals surface area contributed by atoms with E-state index < -0.39 is 0 Å². The molecule has 1 aliphatic heterocycles. The van der Waals surface area contributed by atoms with Crippen LogP contribution < -0.4 is 4.74 Å². The Labute approximate surface area is 137 Å². The maximum Gasteiger partial charge on any atom is 0.159 e. The summed E-state index contributed by atoms with van der Waals surface area (Å²) in [5.41, 5.74) is 1.27. The molecule has 1 atom stereocenters. The van der Waals surface area contributed by atoms with Gasteiger partial charge < -0.3 is 14.4 Å². The molecule has 1 heterocycles. The number of likely N-dealkylation sites (N-methyl/N-ethyl adjacent to an activating group) is 1. The van der Waals surface area contributed by atoms with Crippen molar-refractivity contribution in [3.05, 3.63) is 41.5 Å². The summed E-state index contributed by atoms with van der Waals surface area (Å²) in [4.78, 5) is 14.1. The van der Waals surface area contributed by atoms with Crippen molar-refractivity contribution in [2.24, 2.45) is 0 Å². The number of carbonyl (C=O) groups is 1. The average molecular weight is 314 g/mol. The summed E-state index contributed by atoms with van der Waals surface area (Å²) in [6.07, 6.45) is 4.50. The van der Waals surface area contributed by atoms with Gasteiger partial charge in [0.05, 0.1) is 24.8 Å². The number of nitriles is 1. The van der Waals surface area contributed by atoms with Crippen molar-refractivity contribution in [3.63, 3.8) is 0 Å². The second-order valence-corrected chi connectivity index (χ2v) is 5.85. The molecular formula is C18H22N2O3. The summed E-state index contributed by atoms with van der Waals surface area (Å²) >= 11 is 0. The maximum absolute atomic E-state index is 12.1. The van der Waals surface area contributed by atoms with E-state index in [0.29, 0.717) is 31.1 Å². The van der Waals surface area contributed by atoms with E-state index in [2.05, 4.69) is 6.07 Å². The molecule has 1 unspecified atom stereocenters. The molecule has 0 radical (unpaired) electrons. The zero-order valence-corrected chi connectivity index (χ0v) is 13.6. The van der Waals surface area contributed by atoms with Gasteiger partial charge in [-0.25, -0.2) is 0 Å². The van der Waals surface area contributed by atoms with Crippen molar-refractivity contribution in [1.29, 1.82) is 5.26 Å². The first-order valence-electron chi connectivity index (χ1n) is 7.70. The Bertz CT molecular complexity index is 611.